The number of hydrogen-bond acceptors (Lipinski definition) is 5. The Hall–Kier alpha value is -3.09. The van der Waals surface area contributed by atoms with Gasteiger partial charge in [0, 0.05) is 32.4 Å². The second-order valence-corrected chi connectivity index (χ2v) is 7.43. The van der Waals surface area contributed by atoms with Crippen molar-refractivity contribution in [3.05, 3.63) is 60.3 Å². The molecule has 0 saturated carbocycles. The molecule has 1 aromatic heterocycles. The summed E-state index contributed by atoms with van der Waals surface area (Å²) in [7, 11) is 0. The number of anilines is 1. The molecule has 29 heavy (non-hydrogen) atoms. The Morgan fingerprint density at radius 3 is 2.34 bits per heavy atom. The van der Waals surface area contributed by atoms with Gasteiger partial charge in [-0.25, -0.2) is 9.78 Å². The third-order valence-electron chi connectivity index (χ3n) is 4.98. The highest BCUT2D eigenvalue weighted by molar-refractivity contribution is 5.86. The van der Waals surface area contributed by atoms with Crippen molar-refractivity contribution in [2.45, 2.75) is 26.5 Å². The van der Waals surface area contributed by atoms with E-state index < -0.39 is 12.1 Å². The predicted octanol–water partition coefficient (Wildman–Crippen LogP) is 2.68. The van der Waals surface area contributed by atoms with Crippen LogP contribution >= 0.6 is 0 Å². The van der Waals surface area contributed by atoms with Crippen molar-refractivity contribution >= 4 is 17.8 Å². The molecule has 1 aliphatic rings. The molecule has 3 rings (SSSR count). The molecule has 0 spiro atoms. The van der Waals surface area contributed by atoms with Crippen LogP contribution in [0.1, 0.15) is 19.4 Å². The van der Waals surface area contributed by atoms with Gasteiger partial charge in [0.25, 0.3) is 0 Å². The largest absolute Gasteiger partial charge is 0.445 e. The Bertz CT molecular complexity index is 790. The summed E-state index contributed by atoms with van der Waals surface area (Å²) < 4.78 is 5.28. The summed E-state index contributed by atoms with van der Waals surface area (Å²) in [6, 6.07) is 14.7. The van der Waals surface area contributed by atoms with Crippen LogP contribution in [-0.4, -0.2) is 54.1 Å². The molecule has 2 aromatic rings. The quantitative estimate of drug-likeness (QED) is 0.813. The molecule has 0 aliphatic carbocycles. The van der Waals surface area contributed by atoms with E-state index in [0.29, 0.717) is 26.2 Å². The minimum Gasteiger partial charge on any atom is -0.445 e. The van der Waals surface area contributed by atoms with Crippen molar-refractivity contribution in [2.24, 2.45) is 5.92 Å². The molecule has 1 saturated heterocycles. The van der Waals surface area contributed by atoms with Crippen LogP contribution in [0.5, 0.6) is 0 Å². The maximum absolute atomic E-state index is 13.0. The van der Waals surface area contributed by atoms with Crippen LogP contribution in [0.3, 0.4) is 0 Å². The van der Waals surface area contributed by atoms with Gasteiger partial charge in [0.05, 0.1) is 0 Å². The molecule has 2 heterocycles. The molecule has 0 bridgehead atoms. The average molecular weight is 396 g/mol. The lowest BCUT2D eigenvalue weighted by Gasteiger charge is -2.37. The number of carbonyl (C=O) groups excluding carboxylic acids is 2. The van der Waals surface area contributed by atoms with Gasteiger partial charge < -0.3 is 19.9 Å². The summed E-state index contributed by atoms with van der Waals surface area (Å²) in [6.45, 7) is 6.64. The van der Waals surface area contributed by atoms with Crippen molar-refractivity contribution in [3.63, 3.8) is 0 Å². The first-order valence-electron chi connectivity index (χ1n) is 9.96. The van der Waals surface area contributed by atoms with Crippen LogP contribution < -0.4 is 10.2 Å². The standard InChI is InChI=1S/C22H28N4O3/c1-17(2)20(24-22(28)29-16-18-8-4-3-5-9-18)21(27)26-14-12-25(13-15-26)19-10-6-7-11-23-19/h3-11,17,20H,12-16H2,1-2H3,(H,24,28). The van der Waals surface area contributed by atoms with Gasteiger partial charge in [-0.1, -0.05) is 50.2 Å². The van der Waals surface area contributed by atoms with Gasteiger partial charge in [0.2, 0.25) is 5.91 Å². The molecule has 7 heteroatoms. The average Bonchev–Trinajstić information content (AvgIpc) is 2.77. The second-order valence-electron chi connectivity index (χ2n) is 7.43. The first-order valence-corrected chi connectivity index (χ1v) is 9.96. The summed E-state index contributed by atoms with van der Waals surface area (Å²) in [5.41, 5.74) is 0.903. The zero-order valence-electron chi connectivity index (χ0n) is 17.0. The molecule has 1 unspecified atom stereocenters. The Balaban J connectivity index is 1.52. The van der Waals surface area contributed by atoms with Crippen LogP contribution in [0.25, 0.3) is 0 Å². The minimum absolute atomic E-state index is 0.0411. The minimum atomic E-state index is -0.611. The zero-order chi connectivity index (χ0) is 20.6. The zero-order valence-corrected chi connectivity index (χ0v) is 17.0. The fourth-order valence-corrected chi connectivity index (χ4v) is 3.30. The molecular weight excluding hydrogens is 368 g/mol. The SMILES string of the molecule is CC(C)C(NC(=O)OCc1ccccc1)C(=O)N1CCN(c2ccccn2)CC1. The van der Waals surface area contributed by atoms with E-state index in [9.17, 15) is 9.59 Å². The summed E-state index contributed by atoms with van der Waals surface area (Å²) in [5, 5.41) is 2.75. The summed E-state index contributed by atoms with van der Waals surface area (Å²) in [6.07, 6.45) is 1.19. The van der Waals surface area contributed by atoms with E-state index in [1.54, 1.807) is 6.20 Å². The van der Waals surface area contributed by atoms with Gasteiger partial charge in [0.1, 0.15) is 18.5 Å². The van der Waals surface area contributed by atoms with E-state index in [2.05, 4.69) is 15.2 Å². The number of ether oxygens (including phenoxy) is 1. The third-order valence-corrected chi connectivity index (χ3v) is 4.98. The molecule has 154 valence electrons. The highest BCUT2D eigenvalue weighted by Crippen LogP contribution is 2.15. The summed E-state index contributed by atoms with van der Waals surface area (Å²) >= 11 is 0. The smallest absolute Gasteiger partial charge is 0.408 e. The van der Waals surface area contributed by atoms with Crippen molar-refractivity contribution in [2.75, 3.05) is 31.1 Å². The van der Waals surface area contributed by atoms with Gasteiger partial charge >= 0.3 is 6.09 Å². The molecular formula is C22H28N4O3. The summed E-state index contributed by atoms with van der Waals surface area (Å²) in [5.74, 6) is 0.806. The predicted molar refractivity (Wildman–Crippen MR) is 111 cm³/mol. The van der Waals surface area contributed by atoms with E-state index in [0.717, 1.165) is 11.4 Å². The van der Waals surface area contributed by atoms with Gasteiger partial charge in [0.15, 0.2) is 0 Å². The Kier molecular flexibility index (Phi) is 7.05. The molecule has 7 nitrogen and oxygen atoms in total. The van der Waals surface area contributed by atoms with Gasteiger partial charge in [-0.3, -0.25) is 4.79 Å². The number of rotatable bonds is 6. The highest BCUT2D eigenvalue weighted by Gasteiger charge is 2.31. The number of alkyl carbamates (subject to hydrolysis) is 1. The molecule has 1 atom stereocenters. The van der Waals surface area contributed by atoms with Crippen LogP contribution in [0, 0.1) is 5.92 Å². The Morgan fingerprint density at radius 2 is 1.72 bits per heavy atom. The van der Waals surface area contributed by atoms with E-state index in [1.807, 2.05) is 67.3 Å². The first-order chi connectivity index (χ1) is 14.0. The van der Waals surface area contributed by atoms with Crippen LogP contribution in [0.2, 0.25) is 0 Å². The molecule has 1 fully saturated rings. The second kappa shape index (κ2) is 9.91. The lowest BCUT2D eigenvalue weighted by atomic mass is 10.0. The normalized spacial score (nSPS) is 15.1. The van der Waals surface area contributed by atoms with Crippen LogP contribution in [0.15, 0.2) is 54.7 Å². The van der Waals surface area contributed by atoms with Crippen molar-refractivity contribution in [3.8, 4) is 0 Å². The van der Waals surface area contributed by atoms with E-state index in [-0.39, 0.29) is 18.4 Å². The van der Waals surface area contributed by atoms with Crippen molar-refractivity contribution < 1.29 is 14.3 Å². The van der Waals surface area contributed by atoms with Crippen molar-refractivity contribution in [1.29, 1.82) is 0 Å². The van der Waals surface area contributed by atoms with E-state index >= 15 is 0 Å². The molecule has 2 amide bonds. The first kappa shape index (κ1) is 20.6. The van der Waals surface area contributed by atoms with Gasteiger partial charge in [-0.15, -0.1) is 0 Å². The fourth-order valence-electron chi connectivity index (χ4n) is 3.30. The fraction of sp³-hybridized carbons (Fsp3) is 0.409. The molecule has 1 N–H and O–H groups in total. The monoisotopic (exact) mass is 396 g/mol. The molecule has 1 aromatic carbocycles. The number of hydrogen-bond donors (Lipinski definition) is 1. The topological polar surface area (TPSA) is 74.8 Å². The number of nitrogens with one attached hydrogen (secondary N) is 1. The lowest BCUT2D eigenvalue weighted by Crippen LogP contribution is -2.56. The highest BCUT2D eigenvalue weighted by atomic mass is 16.5. The molecule has 0 radical (unpaired) electrons. The van der Waals surface area contributed by atoms with Crippen LogP contribution in [-0.2, 0) is 16.1 Å². The number of nitrogens with zero attached hydrogens (tertiary/aromatic N) is 3. The number of pyridine rings is 1. The Labute approximate surface area is 171 Å². The van der Waals surface area contributed by atoms with Gasteiger partial charge in [-0.05, 0) is 23.6 Å². The maximum Gasteiger partial charge on any atom is 0.408 e. The van der Waals surface area contributed by atoms with Crippen molar-refractivity contribution in [1.82, 2.24) is 15.2 Å². The molecule has 1 aliphatic heterocycles. The number of benzene rings is 1. The number of aromatic nitrogens is 1. The number of piperazine rings is 1. The maximum atomic E-state index is 13.0. The van der Waals surface area contributed by atoms with Gasteiger partial charge in [-0.2, -0.15) is 0 Å². The lowest BCUT2D eigenvalue weighted by molar-refractivity contribution is -0.134. The van der Waals surface area contributed by atoms with Crippen LogP contribution in [0.4, 0.5) is 10.6 Å². The van der Waals surface area contributed by atoms with E-state index in [1.165, 1.54) is 0 Å². The number of amides is 2. The Morgan fingerprint density at radius 1 is 1.03 bits per heavy atom. The number of carbonyl (C=O) groups is 2. The third kappa shape index (κ3) is 5.70. The van der Waals surface area contributed by atoms with E-state index in [4.69, 9.17) is 4.74 Å². The summed E-state index contributed by atoms with van der Waals surface area (Å²) in [4.78, 5) is 33.6.